The van der Waals surface area contributed by atoms with Crippen LogP contribution in [-0.2, 0) is 22.9 Å². The number of ether oxygens (including phenoxy) is 3. The second-order valence-corrected chi connectivity index (χ2v) is 7.59. The minimum Gasteiger partial charge on any atom is -0.491 e. The predicted octanol–water partition coefficient (Wildman–Crippen LogP) is 3.08. The maximum atomic E-state index is 13.8. The highest BCUT2D eigenvalue weighted by atomic mass is 19.4. The first-order chi connectivity index (χ1) is 15.4. The van der Waals surface area contributed by atoms with Crippen LogP contribution in [0.15, 0.2) is 40.8 Å². The largest absolute Gasteiger partial charge is 0.491 e. The Morgan fingerprint density at radius 1 is 0.969 bits per heavy atom. The topological polar surface area (TPSA) is 86.9 Å². The molecular weight excluding hydrogens is 431 g/mol. The molecule has 3 aromatic rings. The van der Waals surface area contributed by atoms with Crippen molar-refractivity contribution >= 4 is 11.6 Å². The van der Waals surface area contributed by atoms with E-state index in [0.29, 0.717) is 47.3 Å². The van der Waals surface area contributed by atoms with Crippen LogP contribution in [0.3, 0.4) is 0 Å². The fourth-order valence-electron chi connectivity index (χ4n) is 4.44. The van der Waals surface area contributed by atoms with Gasteiger partial charge in [-0.25, -0.2) is 0 Å². The lowest BCUT2D eigenvalue weighted by molar-refractivity contribution is -0.157. The molecule has 1 aromatic heterocycles. The van der Waals surface area contributed by atoms with E-state index in [1.165, 1.54) is 4.90 Å². The Morgan fingerprint density at radius 2 is 1.72 bits per heavy atom. The molecule has 0 aliphatic carbocycles. The van der Waals surface area contributed by atoms with Gasteiger partial charge >= 0.3 is 12.1 Å². The van der Waals surface area contributed by atoms with E-state index in [-0.39, 0.29) is 24.9 Å². The molecule has 8 nitrogen and oxygen atoms in total. The molecule has 0 saturated carbocycles. The predicted molar refractivity (Wildman–Crippen MR) is 101 cm³/mol. The Kier molecular flexibility index (Phi) is 3.78. The number of halogens is 3. The van der Waals surface area contributed by atoms with Crippen LogP contribution < -0.4 is 19.1 Å². The van der Waals surface area contributed by atoms with Crippen molar-refractivity contribution in [2.45, 2.75) is 18.1 Å². The molecule has 3 aliphatic heterocycles. The van der Waals surface area contributed by atoms with Gasteiger partial charge in [-0.1, -0.05) is 18.2 Å². The molecule has 1 amide bonds. The number of alkyl halides is 3. The summed E-state index contributed by atoms with van der Waals surface area (Å²) < 4.78 is 60.5. The number of carbonyl (C=O) groups is 1. The molecule has 1 atom stereocenters. The second kappa shape index (κ2) is 6.38. The Labute approximate surface area is 178 Å². The van der Waals surface area contributed by atoms with Crippen LogP contribution in [0.2, 0.25) is 0 Å². The normalized spacial score (nSPS) is 21.0. The monoisotopic (exact) mass is 445 g/mol. The summed E-state index contributed by atoms with van der Waals surface area (Å²) in [5.41, 5.74) is 0.657. The van der Waals surface area contributed by atoms with E-state index in [1.807, 2.05) is 0 Å². The Hall–Kier alpha value is -3.76. The molecule has 32 heavy (non-hydrogen) atoms. The highest BCUT2D eigenvalue weighted by Crippen LogP contribution is 2.55. The third-order valence-corrected chi connectivity index (χ3v) is 5.82. The number of nitrogens with zero attached hydrogens (tertiary/aromatic N) is 3. The van der Waals surface area contributed by atoms with E-state index in [9.17, 15) is 18.0 Å². The zero-order chi connectivity index (χ0) is 22.1. The van der Waals surface area contributed by atoms with Crippen LogP contribution in [0.4, 0.5) is 18.9 Å². The molecule has 0 bridgehead atoms. The van der Waals surface area contributed by atoms with Crippen molar-refractivity contribution in [1.82, 2.24) is 10.2 Å². The molecule has 0 saturated heterocycles. The number of para-hydroxylation sites is 1. The standard InChI is InChI=1S/C21H14F3N3O5/c22-21(23,24)18-26-25-17(32-18)9-27-13-4-2-1-3-11(13)20(19(27)28)10-31-14-8-16-15(7-12(14)20)29-5-6-30-16/h1-4,7-8H,5-6,9-10H2. The van der Waals surface area contributed by atoms with E-state index in [2.05, 4.69) is 10.2 Å². The maximum absolute atomic E-state index is 13.8. The second-order valence-electron chi connectivity index (χ2n) is 7.59. The number of aromatic nitrogens is 2. The van der Waals surface area contributed by atoms with Gasteiger partial charge in [0.05, 0.1) is 0 Å². The summed E-state index contributed by atoms with van der Waals surface area (Å²) >= 11 is 0. The van der Waals surface area contributed by atoms with Crippen molar-refractivity contribution < 1.29 is 36.6 Å². The molecule has 0 fully saturated rings. The van der Waals surface area contributed by atoms with Crippen molar-refractivity contribution in [3.05, 3.63) is 59.3 Å². The van der Waals surface area contributed by atoms with Gasteiger partial charge in [0.15, 0.2) is 11.5 Å². The lowest BCUT2D eigenvalue weighted by Gasteiger charge is -2.24. The summed E-state index contributed by atoms with van der Waals surface area (Å²) in [5, 5.41) is 6.52. The van der Waals surface area contributed by atoms with Gasteiger partial charge in [-0.05, 0) is 17.7 Å². The Morgan fingerprint density at radius 3 is 2.47 bits per heavy atom. The Balaban J connectivity index is 1.44. The number of carbonyl (C=O) groups excluding carboxylic acids is 1. The van der Waals surface area contributed by atoms with Crippen molar-refractivity contribution in [3.63, 3.8) is 0 Å². The number of amides is 1. The number of benzene rings is 2. The average molecular weight is 445 g/mol. The van der Waals surface area contributed by atoms with Crippen LogP contribution in [-0.4, -0.2) is 35.9 Å². The summed E-state index contributed by atoms with van der Waals surface area (Å²) in [6, 6.07) is 10.5. The molecule has 11 heteroatoms. The van der Waals surface area contributed by atoms with Crippen LogP contribution in [0, 0.1) is 0 Å². The van der Waals surface area contributed by atoms with Gasteiger partial charge in [0.25, 0.3) is 0 Å². The molecule has 0 radical (unpaired) electrons. The molecule has 0 N–H and O–H groups in total. The van der Waals surface area contributed by atoms with Gasteiger partial charge in [-0.2, -0.15) is 13.2 Å². The lowest BCUT2D eigenvalue weighted by Crippen LogP contribution is -2.42. The third kappa shape index (κ3) is 2.53. The molecule has 2 aromatic carbocycles. The van der Waals surface area contributed by atoms with Crippen molar-refractivity contribution in [2.75, 3.05) is 24.7 Å². The first-order valence-corrected chi connectivity index (χ1v) is 9.76. The number of anilines is 1. The smallest absolute Gasteiger partial charge is 0.470 e. The molecule has 1 spiro atoms. The van der Waals surface area contributed by atoms with Gasteiger partial charge in [0, 0.05) is 17.3 Å². The molecule has 1 unspecified atom stereocenters. The average Bonchev–Trinajstić information content (AvgIpc) is 3.46. The van der Waals surface area contributed by atoms with Crippen LogP contribution in [0.5, 0.6) is 17.2 Å². The van der Waals surface area contributed by atoms with Crippen LogP contribution >= 0.6 is 0 Å². The summed E-state index contributed by atoms with van der Waals surface area (Å²) in [6.07, 6.45) is -4.77. The fraction of sp³-hybridized carbons (Fsp3) is 0.286. The molecule has 3 aliphatic rings. The minimum atomic E-state index is -4.77. The fourth-order valence-corrected chi connectivity index (χ4v) is 4.44. The lowest BCUT2D eigenvalue weighted by atomic mass is 9.77. The van der Waals surface area contributed by atoms with E-state index in [0.717, 1.165) is 0 Å². The van der Waals surface area contributed by atoms with Crippen molar-refractivity contribution in [1.29, 1.82) is 0 Å². The van der Waals surface area contributed by atoms with E-state index in [4.69, 9.17) is 18.6 Å². The van der Waals surface area contributed by atoms with E-state index >= 15 is 0 Å². The highest BCUT2D eigenvalue weighted by Gasteiger charge is 2.57. The first-order valence-electron chi connectivity index (χ1n) is 9.76. The van der Waals surface area contributed by atoms with Gasteiger partial charge in [-0.3, -0.25) is 4.79 Å². The minimum absolute atomic E-state index is 0.0369. The number of hydrogen-bond acceptors (Lipinski definition) is 7. The zero-order valence-corrected chi connectivity index (χ0v) is 16.3. The summed E-state index contributed by atoms with van der Waals surface area (Å²) in [6.45, 7) is 0.529. The molecule has 4 heterocycles. The summed E-state index contributed by atoms with van der Waals surface area (Å²) in [4.78, 5) is 15.1. The Bertz CT molecular complexity index is 1260. The first kappa shape index (κ1) is 19.0. The molecule has 6 rings (SSSR count). The van der Waals surface area contributed by atoms with Gasteiger partial charge in [0.2, 0.25) is 11.8 Å². The van der Waals surface area contributed by atoms with Crippen LogP contribution in [0.1, 0.15) is 22.9 Å². The van der Waals surface area contributed by atoms with Gasteiger partial charge < -0.3 is 23.5 Å². The van der Waals surface area contributed by atoms with Crippen molar-refractivity contribution in [2.24, 2.45) is 0 Å². The maximum Gasteiger partial charge on any atom is 0.470 e. The summed E-state index contributed by atoms with van der Waals surface area (Å²) in [5.74, 6) is -0.597. The number of rotatable bonds is 2. The zero-order valence-electron chi connectivity index (χ0n) is 16.3. The number of hydrogen-bond donors (Lipinski definition) is 0. The quantitative estimate of drug-likeness (QED) is 0.599. The van der Waals surface area contributed by atoms with Crippen molar-refractivity contribution in [3.8, 4) is 17.2 Å². The molecule has 164 valence electrons. The third-order valence-electron chi connectivity index (χ3n) is 5.82. The van der Waals surface area contributed by atoms with E-state index < -0.39 is 17.5 Å². The molecular formula is C21H14F3N3O5. The van der Waals surface area contributed by atoms with Crippen LogP contribution in [0.25, 0.3) is 0 Å². The number of fused-ring (bicyclic) bond motifs is 5. The highest BCUT2D eigenvalue weighted by molar-refractivity contribution is 6.11. The summed E-state index contributed by atoms with van der Waals surface area (Å²) in [7, 11) is 0. The van der Waals surface area contributed by atoms with Gasteiger partial charge in [-0.15, -0.1) is 10.2 Å². The van der Waals surface area contributed by atoms with Gasteiger partial charge in [0.1, 0.15) is 37.5 Å². The SMILES string of the molecule is O=C1N(Cc2nnc(C(F)(F)F)o2)c2ccccc2C12COc1cc3c(cc12)OCCO3. The van der Waals surface area contributed by atoms with E-state index in [1.54, 1.807) is 36.4 Å².